The van der Waals surface area contributed by atoms with Crippen molar-refractivity contribution in [3.05, 3.63) is 11.1 Å². The van der Waals surface area contributed by atoms with Crippen molar-refractivity contribution in [1.29, 1.82) is 0 Å². The van der Waals surface area contributed by atoms with Crippen molar-refractivity contribution >= 4 is 22.4 Å². The van der Waals surface area contributed by atoms with Crippen LogP contribution in [0.3, 0.4) is 0 Å². The first kappa shape index (κ1) is 16.9. The number of nitrogens with one attached hydrogen (secondary N) is 1. The Balaban J connectivity index is 1.47. The standard InChI is InChI=1S/C17H28N4OS/c1-13-12-18-17(23-13)19-16(22)14(2)20-10-6-15(7-11-20)21-8-4-3-5-9-21/h12,14-15H,3-11H2,1-2H3,(H,18,19,22). The van der Waals surface area contributed by atoms with E-state index in [1.54, 1.807) is 6.20 Å². The van der Waals surface area contributed by atoms with Crippen molar-refractivity contribution in [1.82, 2.24) is 14.8 Å². The van der Waals surface area contributed by atoms with Crippen molar-refractivity contribution < 1.29 is 4.79 Å². The number of amides is 1. The molecule has 0 aromatic carbocycles. The molecule has 1 aromatic heterocycles. The van der Waals surface area contributed by atoms with Gasteiger partial charge in [-0.15, -0.1) is 11.3 Å². The van der Waals surface area contributed by atoms with E-state index in [1.165, 1.54) is 56.5 Å². The number of anilines is 1. The van der Waals surface area contributed by atoms with E-state index in [4.69, 9.17) is 0 Å². The van der Waals surface area contributed by atoms with Gasteiger partial charge in [0, 0.05) is 30.2 Å². The van der Waals surface area contributed by atoms with Crippen LogP contribution in [0.15, 0.2) is 6.20 Å². The van der Waals surface area contributed by atoms with E-state index < -0.39 is 0 Å². The highest BCUT2D eigenvalue weighted by molar-refractivity contribution is 7.15. The number of hydrogen-bond donors (Lipinski definition) is 1. The zero-order valence-electron chi connectivity index (χ0n) is 14.3. The summed E-state index contributed by atoms with van der Waals surface area (Å²) < 4.78 is 0. The smallest absolute Gasteiger partial charge is 0.243 e. The molecule has 0 saturated carbocycles. The van der Waals surface area contributed by atoms with Crippen molar-refractivity contribution in [3.63, 3.8) is 0 Å². The van der Waals surface area contributed by atoms with Gasteiger partial charge >= 0.3 is 0 Å². The lowest BCUT2D eigenvalue weighted by atomic mass is 9.99. The van der Waals surface area contributed by atoms with Gasteiger partial charge < -0.3 is 10.2 Å². The second kappa shape index (κ2) is 7.73. The van der Waals surface area contributed by atoms with Crippen LogP contribution in [0.2, 0.25) is 0 Å². The third-order valence-corrected chi connectivity index (χ3v) is 6.01. The minimum absolute atomic E-state index is 0.0655. The van der Waals surface area contributed by atoms with Gasteiger partial charge in [0.05, 0.1) is 6.04 Å². The lowest BCUT2D eigenvalue weighted by Gasteiger charge is -2.41. The zero-order valence-corrected chi connectivity index (χ0v) is 15.1. The van der Waals surface area contributed by atoms with Crippen LogP contribution in [0.5, 0.6) is 0 Å². The fraction of sp³-hybridized carbons (Fsp3) is 0.765. The monoisotopic (exact) mass is 336 g/mol. The summed E-state index contributed by atoms with van der Waals surface area (Å²) in [5.74, 6) is 0.0655. The number of piperidine rings is 2. The molecule has 23 heavy (non-hydrogen) atoms. The summed E-state index contributed by atoms with van der Waals surface area (Å²) >= 11 is 1.53. The highest BCUT2D eigenvalue weighted by Gasteiger charge is 2.30. The van der Waals surface area contributed by atoms with Crippen LogP contribution in [-0.2, 0) is 4.79 Å². The van der Waals surface area contributed by atoms with Crippen LogP contribution in [0.1, 0.15) is 43.9 Å². The topological polar surface area (TPSA) is 48.5 Å². The van der Waals surface area contributed by atoms with Crippen LogP contribution in [0.4, 0.5) is 5.13 Å². The van der Waals surface area contributed by atoms with Gasteiger partial charge in [0.15, 0.2) is 5.13 Å². The number of aromatic nitrogens is 1. The van der Waals surface area contributed by atoms with Gasteiger partial charge in [-0.25, -0.2) is 4.98 Å². The molecule has 0 spiro atoms. The molecular formula is C17H28N4OS. The Bertz CT molecular complexity index is 518. The summed E-state index contributed by atoms with van der Waals surface area (Å²) in [7, 11) is 0. The average molecular weight is 337 g/mol. The van der Waals surface area contributed by atoms with Gasteiger partial charge in [0.25, 0.3) is 0 Å². The SMILES string of the molecule is Cc1cnc(NC(=O)C(C)N2CCC(N3CCCCC3)CC2)s1. The Hall–Kier alpha value is -0.980. The van der Waals surface area contributed by atoms with Crippen LogP contribution in [0.25, 0.3) is 0 Å². The number of aryl methyl sites for hydroxylation is 1. The first-order valence-corrected chi connectivity index (χ1v) is 9.66. The molecule has 5 nitrogen and oxygen atoms in total. The highest BCUT2D eigenvalue weighted by atomic mass is 32.1. The summed E-state index contributed by atoms with van der Waals surface area (Å²) in [5, 5.41) is 3.66. The van der Waals surface area contributed by atoms with Gasteiger partial charge in [0.2, 0.25) is 5.91 Å². The van der Waals surface area contributed by atoms with E-state index in [1.807, 2.05) is 13.8 Å². The summed E-state index contributed by atoms with van der Waals surface area (Å²) in [4.78, 5) is 22.7. The second-order valence-electron chi connectivity index (χ2n) is 6.81. The molecule has 3 rings (SSSR count). The predicted octanol–water partition coefficient (Wildman–Crippen LogP) is 2.73. The molecule has 0 bridgehead atoms. The first-order valence-electron chi connectivity index (χ1n) is 8.85. The zero-order chi connectivity index (χ0) is 16.2. The first-order chi connectivity index (χ1) is 11.1. The molecule has 6 heteroatoms. The van der Waals surface area contributed by atoms with E-state index in [9.17, 15) is 4.79 Å². The summed E-state index contributed by atoms with van der Waals surface area (Å²) in [6.45, 7) is 8.59. The molecular weight excluding hydrogens is 308 g/mol. The quantitative estimate of drug-likeness (QED) is 0.918. The fourth-order valence-corrected chi connectivity index (χ4v) is 4.38. The van der Waals surface area contributed by atoms with Crippen LogP contribution in [-0.4, -0.2) is 59.0 Å². The Morgan fingerprint density at radius 1 is 1.26 bits per heavy atom. The third-order valence-electron chi connectivity index (χ3n) is 5.18. The van der Waals surface area contributed by atoms with Crippen molar-refractivity contribution in [3.8, 4) is 0 Å². The number of carbonyl (C=O) groups is 1. The van der Waals surface area contributed by atoms with E-state index in [2.05, 4.69) is 20.1 Å². The second-order valence-corrected chi connectivity index (χ2v) is 8.04. The Morgan fingerprint density at radius 3 is 2.57 bits per heavy atom. The number of hydrogen-bond acceptors (Lipinski definition) is 5. The number of thiazole rings is 1. The van der Waals surface area contributed by atoms with Gasteiger partial charge in [-0.1, -0.05) is 6.42 Å². The molecule has 128 valence electrons. The molecule has 1 N–H and O–H groups in total. The molecule has 1 unspecified atom stereocenters. The van der Waals surface area contributed by atoms with Crippen LogP contribution in [0, 0.1) is 6.92 Å². The lowest BCUT2D eigenvalue weighted by Crippen LogP contribution is -2.51. The predicted molar refractivity (Wildman–Crippen MR) is 95.0 cm³/mol. The number of rotatable bonds is 4. The average Bonchev–Trinajstić information content (AvgIpc) is 3.00. The van der Waals surface area contributed by atoms with E-state index in [0.29, 0.717) is 5.13 Å². The molecule has 3 heterocycles. The number of nitrogens with zero attached hydrogens (tertiary/aromatic N) is 3. The van der Waals surface area contributed by atoms with Gasteiger partial charge in [-0.2, -0.15) is 0 Å². The molecule has 1 atom stereocenters. The van der Waals surface area contributed by atoms with Crippen LogP contribution < -0.4 is 5.32 Å². The van der Waals surface area contributed by atoms with E-state index in [-0.39, 0.29) is 11.9 Å². The van der Waals surface area contributed by atoms with E-state index in [0.717, 1.165) is 24.0 Å². The molecule has 1 amide bonds. The highest BCUT2D eigenvalue weighted by Crippen LogP contribution is 2.23. The minimum atomic E-state index is -0.0819. The van der Waals surface area contributed by atoms with Crippen LogP contribution >= 0.6 is 11.3 Å². The summed E-state index contributed by atoms with van der Waals surface area (Å²) in [5.41, 5.74) is 0. The summed E-state index contributed by atoms with van der Waals surface area (Å²) in [6.07, 6.45) is 8.28. The molecule has 2 aliphatic heterocycles. The van der Waals surface area contributed by atoms with Crippen molar-refractivity contribution in [2.75, 3.05) is 31.5 Å². The largest absolute Gasteiger partial charge is 0.301 e. The maximum absolute atomic E-state index is 12.4. The van der Waals surface area contributed by atoms with Gasteiger partial charge in [-0.3, -0.25) is 9.69 Å². The molecule has 2 saturated heterocycles. The Kier molecular flexibility index (Phi) is 5.67. The lowest BCUT2D eigenvalue weighted by molar-refractivity contribution is -0.121. The molecule has 1 aromatic rings. The normalized spacial score (nSPS) is 22.9. The molecule has 2 aliphatic rings. The minimum Gasteiger partial charge on any atom is -0.301 e. The molecule has 2 fully saturated rings. The third kappa shape index (κ3) is 4.31. The molecule has 0 aliphatic carbocycles. The van der Waals surface area contributed by atoms with Gasteiger partial charge in [-0.05, 0) is 52.6 Å². The number of carbonyl (C=O) groups excluding carboxylic acids is 1. The van der Waals surface area contributed by atoms with Gasteiger partial charge in [0.1, 0.15) is 0 Å². The summed E-state index contributed by atoms with van der Waals surface area (Å²) in [6, 6.07) is 0.643. The number of likely N-dealkylation sites (tertiary alicyclic amines) is 2. The maximum atomic E-state index is 12.4. The van der Waals surface area contributed by atoms with Crippen molar-refractivity contribution in [2.45, 2.75) is 58.0 Å². The molecule has 0 radical (unpaired) electrons. The maximum Gasteiger partial charge on any atom is 0.243 e. The Labute approximate surface area is 143 Å². The fourth-order valence-electron chi connectivity index (χ4n) is 3.71. The Morgan fingerprint density at radius 2 is 1.96 bits per heavy atom. The van der Waals surface area contributed by atoms with E-state index >= 15 is 0 Å². The van der Waals surface area contributed by atoms with Crippen molar-refractivity contribution in [2.24, 2.45) is 0 Å².